The van der Waals surface area contributed by atoms with Crippen LogP contribution in [0.15, 0.2) is 10.6 Å². The monoisotopic (exact) mass is 431 g/mol. The zero-order valence-corrected chi connectivity index (χ0v) is 16.6. The largest absolute Gasteiger partial charge is 0.374 e. The fourth-order valence-corrected chi connectivity index (χ4v) is 4.94. The van der Waals surface area contributed by atoms with Crippen molar-refractivity contribution in [2.24, 2.45) is 5.41 Å². The van der Waals surface area contributed by atoms with Crippen LogP contribution in [0.1, 0.15) is 23.0 Å². The van der Waals surface area contributed by atoms with Crippen molar-refractivity contribution in [1.29, 1.82) is 0 Å². The molecule has 11 nitrogen and oxygen atoms in total. The average molecular weight is 431 g/mol. The molecule has 0 radical (unpaired) electrons. The zero-order valence-electron chi connectivity index (χ0n) is 16.6. The van der Waals surface area contributed by atoms with Crippen molar-refractivity contribution >= 4 is 40.4 Å². The molecule has 1 spiro atoms. The van der Waals surface area contributed by atoms with E-state index < -0.39 is 47.1 Å². The molecule has 2 aromatic rings. The van der Waals surface area contributed by atoms with Crippen LogP contribution in [0, 0.1) is 11.2 Å². The molecule has 12 heteroatoms. The van der Waals surface area contributed by atoms with Crippen LogP contribution in [0.4, 0.5) is 14.9 Å². The summed E-state index contributed by atoms with van der Waals surface area (Å²) >= 11 is 0. The first kappa shape index (κ1) is 19.4. The fourth-order valence-electron chi connectivity index (χ4n) is 4.94. The van der Waals surface area contributed by atoms with Gasteiger partial charge in [0.2, 0.25) is 17.4 Å². The topological polar surface area (TPSA) is 143 Å². The Morgan fingerprint density at radius 2 is 2.03 bits per heavy atom. The Morgan fingerprint density at radius 1 is 1.32 bits per heavy atom. The summed E-state index contributed by atoms with van der Waals surface area (Å²) in [6.07, 6.45) is -0.814. The summed E-state index contributed by atoms with van der Waals surface area (Å²) in [5.74, 6) is -2.87. The highest BCUT2D eigenvalue weighted by Crippen LogP contribution is 2.48. The Morgan fingerprint density at radius 3 is 2.71 bits per heavy atom. The summed E-state index contributed by atoms with van der Waals surface area (Å²) in [6, 6.07) is -0.274. The Labute approximate surface area is 174 Å². The van der Waals surface area contributed by atoms with Gasteiger partial charge in [-0.15, -0.1) is 0 Å². The van der Waals surface area contributed by atoms with Crippen LogP contribution in [0.5, 0.6) is 0 Å². The van der Waals surface area contributed by atoms with Gasteiger partial charge in [0.05, 0.1) is 29.8 Å². The molecule has 0 aliphatic carbocycles. The van der Waals surface area contributed by atoms with E-state index in [9.17, 15) is 19.2 Å². The molecule has 3 N–H and O–H groups in total. The van der Waals surface area contributed by atoms with Crippen molar-refractivity contribution in [2.45, 2.75) is 25.5 Å². The molecule has 5 amide bonds. The minimum atomic E-state index is -1.73. The van der Waals surface area contributed by atoms with Crippen LogP contribution in [-0.4, -0.2) is 61.3 Å². The molecular formula is C19H18FN5O6. The summed E-state index contributed by atoms with van der Waals surface area (Å²) in [4.78, 5) is 51.6. The SMILES string of the molecule is CNC(=O)c1noc2c(F)c3c(cc12)CC1(C(=O)NC(=O)NC1=O)[C@H]1[C@H](C)OCCN31. The number of anilines is 1. The highest BCUT2D eigenvalue weighted by molar-refractivity contribution is 6.20. The maximum atomic E-state index is 15.6. The number of benzene rings is 1. The third-order valence-electron chi connectivity index (χ3n) is 6.22. The summed E-state index contributed by atoms with van der Waals surface area (Å²) in [5.41, 5.74) is -1.55. The third-order valence-corrected chi connectivity index (χ3v) is 6.22. The Kier molecular flexibility index (Phi) is 4.06. The summed E-state index contributed by atoms with van der Waals surface area (Å²) < 4.78 is 26.5. The van der Waals surface area contributed by atoms with Crippen LogP contribution in [0.2, 0.25) is 0 Å². The van der Waals surface area contributed by atoms with Gasteiger partial charge in [-0.1, -0.05) is 5.16 Å². The zero-order chi connectivity index (χ0) is 22.1. The molecule has 2 saturated heterocycles. The van der Waals surface area contributed by atoms with Crippen LogP contribution in [0.25, 0.3) is 11.0 Å². The van der Waals surface area contributed by atoms with Crippen molar-refractivity contribution in [3.05, 3.63) is 23.1 Å². The second-order valence-corrected chi connectivity index (χ2v) is 7.78. The predicted octanol–water partition coefficient (Wildman–Crippen LogP) is -0.171. The number of hydrogen-bond donors (Lipinski definition) is 3. The lowest BCUT2D eigenvalue weighted by Gasteiger charge is -2.54. The number of carbonyl (C=O) groups excluding carboxylic acids is 4. The molecule has 31 heavy (non-hydrogen) atoms. The Balaban J connectivity index is 1.77. The molecule has 3 aliphatic rings. The molecule has 2 atom stereocenters. The van der Waals surface area contributed by atoms with Gasteiger partial charge in [0.15, 0.2) is 16.9 Å². The molecule has 3 aliphatic heterocycles. The highest BCUT2D eigenvalue weighted by Gasteiger charge is 2.62. The molecule has 5 rings (SSSR count). The van der Waals surface area contributed by atoms with Crippen LogP contribution >= 0.6 is 0 Å². The smallest absolute Gasteiger partial charge is 0.328 e. The van der Waals surface area contributed by atoms with Crippen molar-refractivity contribution in [1.82, 2.24) is 21.1 Å². The van der Waals surface area contributed by atoms with Gasteiger partial charge in [-0.2, -0.15) is 0 Å². The molecule has 2 fully saturated rings. The first-order valence-corrected chi connectivity index (χ1v) is 9.67. The molecule has 0 bridgehead atoms. The average Bonchev–Trinajstić information content (AvgIpc) is 3.15. The van der Waals surface area contributed by atoms with Gasteiger partial charge in [-0.05, 0) is 18.6 Å². The lowest BCUT2D eigenvalue weighted by molar-refractivity contribution is -0.151. The molecule has 1 aromatic carbocycles. The Hall–Kier alpha value is -3.54. The summed E-state index contributed by atoms with van der Waals surface area (Å²) in [5, 5.41) is 10.5. The van der Waals surface area contributed by atoms with Gasteiger partial charge in [-0.25, -0.2) is 9.18 Å². The number of hydrogen-bond acceptors (Lipinski definition) is 8. The van der Waals surface area contributed by atoms with E-state index in [0.717, 1.165) is 0 Å². The molecule has 4 heterocycles. The maximum absolute atomic E-state index is 15.6. The molecule has 1 aromatic heterocycles. The quantitative estimate of drug-likeness (QED) is 0.528. The van der Waals surface area contributed by atoms with Crippen molar-refractivity contribution in [3.63, 3.8) is 0 Å². The van der Waals surface area contributed by atoms with Crippen molar-refractivity contribution in [2.75, 3.05) is 25.1 Å². The van der Waals surface area contributed by atoms with Gasteiger partial charge in [0.1, 0.15) is 0 Å². The maximum Gasteiger partial charge on any atom is 0.328 e. The van der Waals surface area contributed by atoms with Gasteiger partial charge in [0, 0.05) is 20.0 Å². The number of nitrogens with one attached hydrogen (secondary N) is 3. The van der Waals surface area contributed by atoms with Crippen molar-refractivity contribution in [3.8, 4) is 0 Å². The molecule has 162 valence electrons. The van der Waals surface area contributed by atoms with E-state index in [0.29, 0.717) is 5.56 Å². The van der Waals surface area contributed by atoms with Crippen LogP contribution in [-0.2, 0) is 20.7 Å². The second kappa shape index (κ2) is 6.48. The number of ether oxygens (including phenoxy) is 1. The predicted molar refractivity (Wildman–Crippen MR) is 102 cm³/mol. The number of fused-ring (bicyclic) bond motifs is 5. The van der Waals surface area contributed by atoms with E-state index in [4.69, 9.17) is 9.26 Å². The van der Waals surface area contributed by atoms with E-state index in [1.54, 1.807) is 11.8 Å². The van der Waals surface area contributed by atoms with E-state index in [1.165, 1.54) is 13.1 Å². The number of halogens is 1. The normalized spacial score (nSPS) is 24.5. The highest BCUT2D eigenvalue weighted by atomic mass is 19.1. The number of urea groups is 1. The lowest BCUT2D eigenvalue weighted by Crippen LogP contribution is -2.74. The number of imide groups is 2. The number of morpholine rings is 1. The van der Waals surface area contributed by atoms with Gasteiger partial charge in [0.25, 0.3) is 5.91 Å². The summed E-state index contributed by atoms with van der Waals surface area (Å²) in [6.45, 7) is 2.14. The van der Waals surface area contributed by atoms with E-state index in [2.05, 4.69) is 21.1 Å². The lowest BCUT2D eigenvalue weighted by atomic mass is 9.66. The van der Waals surface area contributed by atoms with Gasteiger partial charge < -0.3 is 19.5 Å². The standard InChI is InChI=1S/C19H18FN5O6/c1-7-14-19(16(27)22-18(29)23-17(19)28)6-8-5-9-11(15(26)21-2)24-31-13(9)10(20)12(8)25(14)3-4-30-7/h5,7,14H,3-4,6H2,1-2H3,(H,21,26)(H2,22,23,27,28,29)/t7-,14+/m0/s1. The van der Waals surface area contributed by atoms with Gasteiger partial charge in [-0.3, -0.25) is 25.0 Å². The van der Waals surface area contributed by atoms with Crippen molar-refractivity contribution < 1.29 is 32.8 Å². The second-order valence-electron chi connectivity index (χ2n) is 7.78. The van der Waals surface area contributed by atoms with Gasteiger partial charge >= 0.3 is 6.03 Å². The Bertz CT molecular complexity index is 1160. The minimum absolute atomic E-state index is 0.113. The van der Waals surface area contributed by atoms with E-state index in [-0.39, 0.29) is 41.9 Å². The molecule has 0 saturated carbocycles. The van der Waals surface area contributed by atoms with E-state index >= 15 is 4.39 Å². The van der Waals surface area contributed by atoms with E-state index in [1.807, 2.05) is 0 Å². The van der Waals surface area contributed by atoms with Crippen LogP contribution in [0.3, 0.4) is 0 Å². The van der Waals surface area contributed by atoms with Crippen LogP contribution < -0.4 is 20.9 Å². The first-order valence-electron chi connectivity index (χ1n) is 9.67. The number of carbonyl (C=O) groups is 4. The number of amides is 5. The number of barbiturate groups is 1. The molecular weight excluding hydrogens is 413 g/mol. The molecule has 0 unspecified atom stereocenters. The number of nitrogens with zero attached hydrogens (tertiary/aromatic N) is 2. The first-order chi connectivity index (χ1) is 14.8. The third kappa shape index (κ3) is 2.45. The number of rotatable bonds is 1. The fraction of sp³-hybridized carbons (Fsp3) is 0.421. The summed E-state index contributed by atoms with van der Waals surface area (Å²) in [7, 11) is 1.40. The number of aromatic nitrogens is 1. The minimum Gasteiger partial charge on any atom is -0.374 e.